The van der Waals surface area contributed by atoms with Crippen LogP contribution in [0, 0.1) is 11.3 Å². The van der Waals surface area contributed by atoms with Gasteiger partial charge in [0.05, 0.1) is 5.92 Å². The van der Waals surface area contributed by atoms with Crippen molar-refractivity contribution in [2.75, 3.05) is 6.54 Å². The minimum absolute atomic E-state index is 0.0950. The van der Waals surface area contributed by atoms with E-state index in [4.69, 9.17) is 0 Å². The molecule has 0 aliphatic heterocycles. The molecule has 0 aliphatic carbocycles. The highest BCUT2D eigenvalue weighted by Gasteiger charge is 2.21. The molecule has 0 saturated carbocycles. The second-order valence-corrected chi connectivity index (χ2v) is 6.27. The summed E-state index contributed by atoms with van der Waals surface area (Å²) in [5.41, 5.74) is 0.868. The van der Waals surface area contributed by atoms with Crippen LogP contribution in [0.4, 0.5) is 0 Å². The van der Waals surface area contributed by atoms with Gasteiger partial charge in [-0.2, -0.15) is 0 Å². The largest absolute Gasteiger partial charge is 0.481 e. The molecule has 0 aromatic heterocycles. The Morgan fingerprint density at radius 2 is 1.80 bits per heavy atom. The second-order valence-electron chi connectivity index (χ2n) is 6.27. The first-order valence-corrected chi connectivity index (χ1v) is 6.81. The van der Waals surface area contributed by atoms with Gasteiger partial charge in [-0.05, 0) is 17.4 Å². The zero-order valence-electron chi connectivity index (χ0n) is 12.3. The molecule has 1 rings (SSSR count). The van der Waals surface area contributed by atoms with Gasteiger partial charge in [0.2, 0.25) is 5.91 Å². The number of benzene rings is 1. The van der Waals surface area contributed by atoms with Crippen molar-refractivity contribution in [1.29, 1.82) is 0 Å². The Hall–Kier alpha value is -1.84. The summed E-state index contributed by atoms with van der Waals surface area (Å²) < 4.78 is 0. The summed E-state index contributed by atoms with van der Waals surface area (Å²) >= 11 is 0. The normalized spacial score (nSPS) is 12.8. The molecule has 4 heteroatoms. The molecule has 1 atom stereocenters. The number of nitrogens with one attached hydrogen (secondary N) is 1. The van der Waals surface area contributed by atoms with E-state index < -0.39 is 11.9 Å². The molecule has 2 N–H and O–H groups in total. The third-order valence-corrected chi connectivity index (χ3v) is 2.91. The van der Waals surface area contributed by atoms with E-state index in [1.54, 1.807) is 0 Å². The number of carbonyl (C=O) groups excluding carboxylic acids is 1. The lowest BCUT2D eigenvalue weighted by molar-refractivity contribution is -0.141. The Morgan fingerprint density at radius 1 is 1.20 bits per heavy atom. The quantitative estimate of drug-likeness (QED) is 0.839. The second kappa shape index (κ2) is 7.08. The van der Waals surface area contributed by atoms with E-state index in [0.29, 0.717) is 12.8 Å². The summed E-state index contributed by atoms with van der Waals surface area (Å²) in [7, 11) is 0. The number of rotatable bonds is 6. The van der Waals surface area contributed by atoms with Gasteiger partial charge in [0, 0.05) is 13.0 Å². The van der Waals surface area contributed by atoms with Crippen LogP contribution in [-0.2, 0) is 16.0 Å². The van der Waals surface area contributed by atoms with Gasteiger partial charge in [-0.3, -0.25) is 9.59 Å². The molecule has 20 heavy (non-hydrogen) atoms. The fraction of sp³-hybridized carbons (Fsp3) is 0.500. The smallest absolute Gasteiger partial charge is 0.308 e. The molecule has 0 heterocycles. The van der Waals surface area contributed by atoms with Crippen LogP contribution in [0.15, 0.2) is 30.3 Å². The van der Waals surface area contributed by atoms with Crippen LogP contribution < -0.4 is 5.32 Å². The predicted octanol–water partition coefficient (Wildman–Crippen LogP) is 2.48. The third kappa shape index (κ3) is 6.36. The van der Waals surface area contributed by atoms with Crippen LogP contribution >= 0.6 is 0 Å². The SMILES string of the molecule is CC(C)(C)CC(=O)NC[C@@H](Cc1ccccc1)C(=O)O. The van der Waals surface area contributed by atoms with E-state index >= 15 is 0 Å². The molecular weight excluding hydrogens is 254 g/mol. The Labute approximate surface area is 120 Å². The minimum Gasteiger partial charge on any atom is -0.481 e. The van der Waals surface area contributed by atoms with Gasteiger partial charge in [0.25, 0.3) is 0 Å². The summed E-state index contributed by atoms with van der Waals surface area (Å²) in [5, 5.41) is 11.9. The van der Waals surface area contributed by atoms with Crippen LogP contribution in [0.5, 0.6) is 0 Å². The third-order valence-electron chi connectivity index (χ3n) is 2.91. The van der Waals surface area contributed by atoms with Gasteiger partial charge < -0.3 is 10.4 Å². The lowest BCUT2D eigenvalue weighted by Crippen LogP contribution is -2.35. The van der Waals surface area contributed by atoms with Crippen LogP contribution in [0.25, 0.3) is 0 Å². The average molecular weight is 277 g/mol. The Balaban J connectivity index is 2.52. The van der Waals surface area contributed by atoms with Gasteiger partial charge in [0.1, 0.15) is 0 Å². The highest BCUT2D eigenvalue weighted by atomic mass is 16.4. The molecule has 0 radical (unpaired) electrons. The van der Waals surface area contributed by atoms with Crippen molar-refractivity contribution >= 4 is 11.9 Å². The van der Waals surface area contributed by atoms with Gasteiger partial charge >= 0.3 is 5.97 Å². The number of hydrogen-bond acceptors (Lipinski definition) is 2. The fourth-order valence-electron chi connectivity index (χ4n) is 1.93. The first kappa shape index (κ1) is 16.2. The summed E-state index contributed by atoms with van der Waals surface area (Å²) in [6, 6.07) is 9.45. The molecule has 0 aliphatic rings. The average Bonchev–Trinajstić information content (AvgIpc) is 2.33. The van der Waals surface area contributed by atoms with E-state index in [2.05, 4.69) is 5.32 Å². The number of carbonyl (C=O) groups is 2. The van der Waals surface area contributed by atoms with Crippen molar-refractivity contribution < 1.29 is 14.7 Å². The summed E-state index contributed by atoms with van der Waals surface area (Å²) in [6.07, 6.45) is 0.816. The molecular formula is C16H23NO3. The lowest BCUT2D eigenvalue weighted by Gasteiger charge is -2.19. The monoisotopic (exact) mass is 277 g/mol. The van der Waals surface area contributed by atoms with Crippen LogP contribution in [0.2, 0.25) is 0 Å². The first-order valence-electron chi connectivity index (χ1n) is 6.81. The van der Waals surface area contributed by atoms with Gasteiger partial charge in [-0.1, -0.05) is 51.1 Å². The molecule has 1 aromatic rings. The summed E-state index contributed by atoms with van der Waals surface area (Å²) in [4.78, 5) is 23.0. The zero-order valence-corrected chi connectivity index (χ0v) is 12.3. The number of carboxylic acid groups (broad SMARTS) is 1. The molecule has 1 amide bonds. The summed E-state index contributed by atoms with van der Waals surface area (Å²) in [5.74, 6) is -1.58. The van der Waals surface area contributed by atoms with Crippen LogP contribution in [0.1, 0.15) is 32.8 Å². The molecule has 0 unspecified atom stereocenters. The van der Waals surface area contributed by atoms with Crippen molar-refractivity contribution in [2.45, 2.75) is 33.6 Å². The summed E-state index contributed by atoms with van der Waals surface area (Å²) in [6.45, 7) is 6.10. The van der Waals surface area contributed by atoms with Gasteiger partial charge in [-0.15, -0.1) is 0 Å². The number of carboxylic acids is 1. The van der Waals surface area contributed by atoms with E-state index in [-0.39, 0.29) is 17.9 Å². The van der Waals surface area contributed by atoms with E-state index in [0.717, 1.165) is 5.56 Å². The Kier molecular flexibility index (Phi) is 5.74. The number of aliphatic carboxylic acids is 1. The van der Waals surface area contributed by atoms with Crippen molar-refractivity contribution in [3.63, 3.8) is 0 Å². The van der Waals surface area contributed by atoms with E-state index in [1.165, 1.54) is 0 Å². The van der Waals surface area contributed by atoms with Crippen LogP contribution in [0.3, 0.4) is 0 Å². The zero-order chi connectivity index (χ0) is 15.2. The lowest BCUT2D eigenvalue weighted by atomic mass is 9.91. The van der Waals surface area contributed by atoms with Crippen LogP contribution in [-0.4, -0.2) is 23.5 Å². The fourth-order valence-corrected chi connectivity index (χ4v) is 1.93. The molecule has 110 valence electrons. The molecule has 4 nitrogen and oxygen atoms in total. The molecule has 0 spiro atoms. The minimum atomic E-state index is -0.884. The van der Waals surface area contributed by atoms with Gasteiger partial charge in [0.15, 0.2) is 0 Å². The topological polar surface area (TPSA) is 66.4 Å². The van der Waals surface area contributed by atoms with E-state index in [1.807, 2.05) is 51.1 Å². The Morgan fingerprint density at radius 3 is 2.30 bits per heavy atom. The highest BCUT2D eigenvalue weighted by Crippen LogP contribution is 2.18. The first-order chi connectivity index (χ1) is 9.28. The maximum absolute atomic E-state index is 11.7. The van der Waals surface area contributed by atoms with Crippen molar-refractivity contribution in [1.82, 2.24) is 5.32 Å². The maximum Gasteiger partial charge on any atom is 0.308 e. The standard InChI is InChI=1S/C16H23NO3/c1-16(2,3)10-14(18)17-11-13(15(19)20)9-12-7-5-4-6-8-12/h4-8,13H,9-11H2,1-3H3,(H,17,18)(H,19,20)/t13-/m1/s1. The maximum atomic E-state index is 11.7. The molecule has 0 bridgehead atoms. The van der Waals surface area contributed by atoms with Crippen molar-refractivity contribution in [2.24, 2.45) is 11.3 Å². The Bertz CT molecular complexity index is 449. The van der Waals surface area contributed by atoms with E-state index in [9.17, 15) is 14.7 Å². The molecule has 0 saturated heterocycles. The van der Waals surface area contributed by atoms with Crippen molar-refractivity contribution in [3.05, 3.63) is 35.9 Å². The molecule has 0 fully saturated rings. The predicted molar refractivity (Wildman–Crippen MR) is 78.4 cm³/mol. The van der Waals surface area contributed by atoms with Gasteiger partial charge in [-0.25, -0.2) is 0 Å². The van der Waals surface area contributed by atoms with Crippen molar-refractivity contribution in [3.8, 4) is 0 Å². The molecule has 1 aromatic carbocycles. The number of hydrogen-bond donors (Lipinski definition) is 2. The number of amides is 1. The highest BCUT2D eigenvalue weighted by molar-refractivity contribution is 5.78.